The second-order valence-corrected chi connectivity index (χ2v) is 7.41. The maximum atomic E-state index is 11.0. The van der Waals surface area contributed by atoms with Gasteiger partial charge in [-0.25, -0.2) is 9.67 Å². The molecule has 3 heterocycles. The van der Waals surface area contributed by atoms with Crippen molar-refractivity contribution in [1.82, 2.24) is 30.0 Å². The fourth-order valence-electron chi connectivity index (χ4n) is 3.18. The van der Waals surface area contributed by atoms with E-state index in [1.165, 1.54) is 6.92 Å². The van der Waals surface area contributed by atoms with Crippen LogP contribution in [0.4, 0.5) is 0 Å². The van der Waals surface area contributed by atoms with E-state index < -0.39 is 0 Å². The van der Waals surface area contributed by atoms with E-state index in [4.69, 9.17) is 4.74 Å². The molecule has 0 aromatic carbocycles. The number of rotatable bonds is 8. The van der Waals surface area contributed by atoms with Gasteiger partial charge in [-0.15, -0.1) is 0 Å². The molecule has 1 saturated heterocycles. The first-order chi connectivity index (χ1) is 13.0. The molecule has 2 aromatic rings. The number of nitrogens with zero attached hydrogens (tertiary/aromatic N) is 5. The van der Waals surface area contributed by atoms with Gasteiger partial charge in [0.05, 0.1) is 18.8 Å². The molecule has 0 bridgehead atoms. The van der Waals surface area contributed by atoms with Crippen LogP contribution in [-0.4, -0.2) is 49.7 Å². The van der Waals surface area contributed by atoms with Gasteiger partial charge in [-0.2, -0.15) is 5.10 Å². The first kappa shape index (κ1) is 19.3. The van der Waals surface area contributed by atoms with Crippen LogP contribution in [0, 0.1) is 5.92 Å². The molecular formula is C19H28N6O2. The summed E-state index contributed by atoms with van der Waals surface area (Å²) in [7, 11) is 0. The second-order valence-electron chi connectivity index (χ2n) is 7.41. The quantitative estimate of drug-likeness (QED) is 0.758. The zero-order valence-corrected chi connectivity index (χ0v) is 16.3. The molecule has 1 fully saturated rings. The minimum atomic E-state index is -0.0696. The molecule has 146 valence electrons. The lowest BCUT2D eigenvalue weighted by molar-refractivity contribution is -0.119. The van der Waals surface area contributed by atoms with Gasteiger partial charge in [0.25, 0.3) is 0 Å². The number of carbonyl (C=O) groups is 1. The Kier molecular flexibility index (Phi) is 6.39. The highest BCUT2D eigenvalue weighted by molar-refractivity contribution is 5.72. The standard InChI is InChI=1S/C19H28N6O2/c1-14(2)10-25-19(22-13-23-25)12-24-7-5-18(11-24)27-17-4-6-20-16(8-17)9-21-15(3)26/h4,6,8,13-14,18H,5,7,9-12H2,1-3H3,(H,21,26). The van der Waals surface area contributed by atoms with Crippen molar-refractivity contribution in [1.29, 1.82) is 0 Å². The molecule has 0 spiro atoms. The van der Waals surface area contributed by atoms with E-state index in [9.17, 15) is 4.79 Å². The predicted molar refractivity (Wildman–Crippen MR) is 101 cm³/mol. The third kappa shape index (κ3) is 5.75. The van der Waals surface area contributed by atoms with E-state index in [0.717, 1.165) is 49.9 Å². The van der Waals surface area contributed by atoms with Gasteiger partial charge < -0.3 is 10.1 Å². The smallest absolute Gasteiger partial charge is 0.217 e. The van der Waals surface area contributed by atoms with Crippen LogP contribution < -0.4 is 10.1 Å². The summed E-state index contributed by atoms with van der Waals surface area (Å²) in [4.78, 5) is 22.1. The zero-order valence-electron chi connectivity index (χ0n) is 16.3. The van der Waals surface area contributed by atoms with Crippen LogP contribution in [-0.2, 0) is 24.4 Å². The van der Waals surface area contributed by atoms with Crippen LogP contribution in [0.1, 0.15) is 38.7 Å². The van der Waals surface area contributed by atoms with Crippen LogP contribution in [0.3, 0.4) is 0 Å². The number of hydrogen-bond acceptors (Lipinski definition) is 6. The summed E-state index contributed by atoms with van der Waals surface area (Å²) in [6.07, 6.45) is 4.47. The molecule has 1 N–H and O–H groups in total. The Morgan fingerprint density at radius 3 is 3.04 bits per heavy atom. The lowest BCUT2D eigenvalue weighted by Gasteiger charge is -2.17. The van der Waals surface area contributed by atoms with E-state index in [0.29, 0.717) is 12.5 Å². The average molecular weight is 372 g/mol. The summed E-state index contributed by atoms with van der Waals surface area (Å²) >= 11 is 0. The predicted octanol–water partition coefficient (Wildman–Crippen LogP) is 1.62. The van der Waals surface area contributed by atoms with E-state index in [1.54, 1.807) is 12.5 Å². The minimum absolute atomic E-state index is 0.0696. The maximum Gasteiger partial charge on any atom is 0.217 e. The number of pyridine rings is 1. The van der Waals surface area contributed by atoms with Gasteiger partial charge in [-0.1, -0.05) is 13.8 Å². The van der Waals surface area contributed by atoms with E-state index in [2.05, 4.69) is 39.1 Å². The molecule has 3 rings (SSSR count). The summed E-state index contributed by atoms with van der Waals surface area (Å²) in [5.41, 5.74) is 0.791. The number of carbonyl (C=O) groups excluding carboxylic acids is 1. The summed E-state index contributed by atoms with van der Waals surface area (Å²) in [6, 6.07) is 3.75. The van der Waals surface area contributed by atoms with Gasteiger partial charge in [0.15, 0.2) is 0 Å². The number of aromatic nitrogens is 4. The molecule has 0 aliphatic carbocycles. The molecule has 8 heteroatoms. The van der Waals surface area contributed by atoms with Crippen LogP contribution in [0.5, 0.6) is 5.75 Å². The molecule has 27 heavy (non-hydrogen) atoms. The highest BCUT2D eigenvalue weighted by Gasteiger charge is 2.25. The van der Waals surface area contributed by atoms with Crippen molar-refractivity contribution in [2.75, 3.05) is 13.1 Å². The van der Waals surface area contributed by atoms with Crippen molar-refractivity contribution in [2.45, 2.75) is 52.9 Å². The Bertz CT molecular complexity index is 760. The topological polar surface area (TPSA) is 85.2 Å². The number of ether oxygens (including phenoxy) is 1. The highest BCUT2D eigenvalue weighted by Crippen LogP contribution is 2.20. The van der Waals surface area contributed by atoms with Crippen LogP contribution in [0.25, 0.3) is 0 Å². The van der Waals surface area contributed by atoms with Gasteiger partial charge in [0.2, 0.25) is 5.91 Å². The molecular weight excluding hydrogens is 344 g/mol. The maximum absolute atomic E-state index is 11.0. The van der Waals surface area contributed by atoms with Crippen LogP contribution >= 0.6 is 0 Å². The van der Waals surface area contributed by atoms with Crippen molar-refractivity contribution < 1.29 is 9.53 Å². The zero-order chi connectivity index (χ0) is 19.2. The third-order valence-corrected chi connectivity index (χ3v) is 4.44. The molecule has 1 unspecified atom stereocenters. The van der Waals surface area contributed by atoms with E-state index in [1.807, 2.05) is 16.8 Å². The SMILES string of the molecule is CC(=O)NCc1cc(OC2CCN(Cc3ncnn3CC(C)C)C2)ccn1. The molecule has 1 aliphatic rings. The Morgan fingerprint density at radius 2 is 2.26 bits per heavy atom. The number of nitrogens with one attached hydrogen (secondary N) is 1. The fraction of sp³-hybridized carbons (Fsp3) is 0.579. The number of hydrogen-bond donors (Lipinski definition) is 1. The summed E-state index contributed by atoms with van der Waals surface area (Å²) < 4.78 is 8.13. The molecule has 1 aliphatic heterocycles. The van der Waals surface area contributed by atoms with Gasteiger partial charge in [-0.3, -0.25) is 14.7 Å². The van der Waals surface area contributed by atoms with Crippen molar-refractivity contribution in [2.24, 2.45) is 5.92 Å². The molecule has 0 saturated carbocycles. The Hall–Kier alpha value is -2.48. The van der Waals surface area contributed by atoms with Crippen LogP contribution in [0.15, 0.2) is 24.7 Å². The van der Waals surface area contributed by atoms with Gasteiger partial charge in [0, 0.05) is 38.8 Å². The Balaban J connectivity index is 1.52. The van der Waals surface area contributed by atoms with E-state index >= 15 is 0 Å². The summed E-state index contributed by atoms with van der Waals surface area (Å²) in [5, 5.41) is 7.09. The van der Waals surface area contributed by atoms with Crippen molar-refractivity contribution >= 4 is 5.91 Å². The van der Waals surface area contributed by atoms with Crippen LogP contribution in [0.2, 0.25) is 0 Å². The normalized spacial score (nSPS) is 17.4. The van der Waals surface area contributed by atoms with E-state index in [-0.39, 0.29) is 12.0 Å². The van der Waals surface area contributed by atoms with Gasteiger partial charge in [0.1, 0.15) is 24.0 Å². The second kappa shape index (κ2) is 8.94. The molecule has 8 nitrogen and oxygen atoms in total. The van der Waals surface area contributed by atoms with Crippen molar-refractivity contribution in [3.8, 4) is 5.75 Å². The summed E-state index contributed by atoms with van der Waals surface area (Å²) in [5.74, 6) is 2.27. The molecule has 0 radical (unpaired) electrons. The third-order valence-electron chi connectivity index (χ3n) is 4.44. The monoisotopic (exact) mass is 372 g/mol. The van der Waals surface area contributed by atoms with Crippen molar-refractivity contribution in [3.63, 3.8) is 0 Å². The average Bonchev–Trinajstić information content (AvgIpc) is 3.23. The fourth-order valence-corrected chi connectivity index (χ4v) is 3.18. The molecule has 1 atom stereocenters. The lowest BCUT2D eigenvalue weighted by Crippen LogP contribution is -2.26. The first-order valence-electron chi connectivity index (χ1n) is 9.44. The minimum Gasteiger partial charge on any atom is -0.489 e. The molecule has 2 aromatic heterocycles. The van der Waals surface area contributed by atoms with Crippen molar-refractivity contribution in [3.05, 3.63) is 36.2 Å². The first-order valence-corrected chi connectivity index (χ1v) is 9.44. The Labute approximate surface area is 159 Å². The van der Waals surface area contributed by atoms with Gasteiger partial charge >= 0.3 is 0 Å². The van der Waals surface area contributed by atoms with Gasteiger partial charge in [-0.05, 0) is 18.4 Å². The number of amides is 1. The lowest BCUT2D eigenvalue weighted by atomic mass is 10.2. The highest BCUT2D eigenvalue weighted by atomic mass is 16.5. The summed E-state index contributed by atoms with van der Waals surface area (Å²) in [6.45, 7) is 9.78. The Morgan fingerprint density at radius 1 is 1.41 bits per heavy atom. The molecule has 1 amide bonds. The largest absolute Gasteiger partial charge is 0.489 e. The number of likely N-dealkylation sites (tertiary alicyclic amines) is 1.